The first kappa shape index (κ1) is 38.5. The molecule has 0 saturated carbocycles. The Morgan fingerprint density at radius 3 is 1.84 bits per heavy atom. The molecule has 0 fully saturated rings. The summed E-state index contributed by atoms with van der Waals surface area (Å²) in [5.74, 6) is 0.0349. The molecule has 0 atom stereocenters. The summed E-state index contributed by atoms with van der Waals surface area (Å²) >= 11 is 0. The number of alkyl halides is 6. The molecule has 290 valence electrons. The van der Waals surface area contributed by atoms with Crippen LogP contribution in [0.4, 0.5) is 37.7 Å². The summed E-state index contributed by atoms with van der Waals surface area (Å²) < 4.78 is 96.7. The maximum Gasteiger partial charge on any atom is 0.416 e. The third-order valence-corrected chi connectivity index (χ3v) is 10.6. The summed E-state index contributed by atoms with van der Waals surface area (Å²) in [4.78, 5) is 15.7. The Bertz CT molecular complexity index is 2320. The molecule has 12 heteroatoms. The van der Waals surface area contributed by atoms with E-state index in [0.717, 1.165) is 24.3 Å². The number of nitrogens with zero attached hydrogens (tertiary/aromatic N) is 2. The van der Waals surface area contributed by atoms with E-state index in [2.05, 4.69) is 0 Å². The monoisotopic (exact) mass is 772 g/mol. The first-order valence-electron chi connectivity index (χ1n) is 18.0. The Balaban J connectivity index is 1.26. The Morgan fingerprint density at radius 1 is 0.714 bits per heavy atom. The SMILES string of the molecule is CC1(C)C(C=C2C(=O)C(/C=C3\N(CCOc4ccccc4)c4ccc(C(F)(F)F)cc4C3(C)C)=C2[O-])=[N+](CCOc2ccccc2)c2ccc(C(F)(F)F)cc21. The molecule has 0 unspecified atom stereocenters. The van der Waals surface area contributed by atoms with E-state index in [9.17, 15) is 36.2 Å². The zero-order valence-electron chi connectivity index (χ0n) is 31.0. The summed E-state index contributed by atoms with van der Waals surface area (Å²) in [6, 6.07) is 25.0. The number of anilines is 1. The number of para-hydroxylation sites is 2. The van der Waals surface area contributed by atoms with Gasteiger partial charge in [-0.15, -0.1) is 0 Å². The van der Waals surface area contributed by atoms with E-state index in [1.807, 2.05) is 36.4 Å². The Morgan fingerprint density at radius 2 is 1.27 bits per heavy atom. The van der Waals surface area contributed by atoms with Crippen molar-refractivity contribution in [3.8, 4) is 11.5 Å². The van der Waals surface area contributed by atoms with Gasteiger partial charge in [0.1, 0.15) is 24.7 Å². The zero-order chi connectivity index (χ0) is 40.2. The van der Waals surface area contributed by atoms with Crippen molar-refractivity contribution in [3.63, 3.8) is 0 Å². The number of rotatable bonds is 10. The van der Waals surface area contributed by atoms with Gasteiger partial charge in [-0.25, -0.2) is 0 Å². The smallest absolute Gasteiger partial charge is 0.416 e. The molecule has 4 aromatic rings. The minimum Gasteiger partial charge on any atom is -0.871 e. The van der Waals surface area contributed by atoms with Crippen molar-refractivity contribution in [2.45, 2.75) is 50.9 Å². The van der Waals surface area contributed by atoms with Crippen LogP contribution in [0.25, 0.3) is 0 Å². The van der Waals surface area contributed by atoms with E-state index >= 15 is 0 Å². The number of hydrogen-bond acceptors (Lipinski definition) is 5. The number of benzene rings is 4. The van der Waals surface area contributed by atoms with Crippen LogP contribution in [0.15, 0.2) is 132 Å². The number of fused-ring (bicyclic) bond motifs is 2. The van der Waals surface area contributed by atoms with Gasteiger partial charge in [-0.2, -0.15) is 30.9 Å². The molecule has 56 heavy (non-hydrogen) atoms. The van der Waals surface area contributed by atoms with E-state index in [1.54, 1.807) is 61.4 Å². The highest BCUT2D eigenvalue weighted by atomic mass is 19.4. The molecule has 0 radical (unpaired) electrons. The van der Waals surface area contributed by atoms with Gasteiger partial charge in [0.15, 0.2) is 18.0 Å². The Labute approximate surface area is 320 Å². The van der Waals surface area contributed by atoms with E-state index in [1.165, 1.54) is 24.3 Å². The molecule has 2 aliphatic heterocycles. The summed E-state index contributed by atoms with van der Waals surface area (Å²) in [5, 5.41) is 13.9. The maximum absolute atomic E-state index is 13.9. The third-order valence-electron chi connectivity index (χ3n) is 10.6. The standard InChI is InChI=1S/C44H38F6N2O4/c1-41(2)33-23-27(43(45,46)47)15-17-35(33)51(19-21-55-29-11-7-5-8-12-29)37(41)25-31-39(53)32(40(31)54)26-38-42(3,4)34-24-28(44(48,49)50)16-18-36(34)52(38)20-22-56-30-13-9-6-10-14-30/h5-18,23-26H,19-22H2,1-4H3. The molecule has 4 aromatic carbocycles. The average molecular weight is 773 g/mol. The van der Waals surface area contributed by atoms with Gasteiger partial charge in [0.2, 0.25) is 5.69 Å². The molecule has 0 spiro atoms. The predicted octanol–water partition coefficient (Wildman–Crippen LogP) is 9.06. The summed E-state index contributed by atoms with van der Waals surface area (Å²) in [6.07, 6.45) is -6.29. The first-order chi connectivity index (χ1) is 26.4. The number of hydrogen-bond donors (Lipinski definition) is 0. The number of halogens is 6. The van der Waals surface area contributed by atoms with E-state index < -0.39 is 45.9 Å². The van der Waals surface area contributed by atoms with Crippen molar-refractivity contribution in [3.05, 3.63) is 154 Å². The van der Waals surface area contributed by atoms with Crippen molar-refractivity contribution >= 4 is 22.9 Å². The van der Waals surface area contributed by atoms with Crippen molar-refractivity contribution < 1.29 is 50.3 Å². The second-order valence-electron chi connectivity index (χ2n) is 14.9. The van der Waals surface area contributed by atoms with Crippen LogP contribution in [0.3, 0.4) is 0 Å². The van der Waals surface area contributed by atoms with E-state index in [4.69, 9.17) is 9.47 Å². The van der Waals surface area contributed by atoms with Gasteiger partial charge in [-0.3, -0.25) is 4.79 Å². The highest BCUT2D eigenvalue weighted by molar-refractivity contribution is 6.24. The van der Waals surface area contributed by atoms with Crippen LogP contribution in [-0.4, -0.2) is 42.4 Å². The van der Waals surface area contributed by atoms with Crippen LogP contribution < -0.4 is 19.5 Å². The fraction of sp³-hybridized carbons (Fsp3) is 0.273. The lowest BCUT2D eigenvalue weighted by atomic mass is 9.77. The van der Waals surface area contributed by atoms with Crippen molar-refractivity contribution in [1.82, 2.24) is 0 Å². The minimum absolute atomic E-state index is 0.147. The van der Waals surface area contributed by atoms with Crippen LogP contribution in [-0.2, 0) is 28.0 Å². The Kier molecular flexibility index (Phi) is 9.66. The summed E-state index contributed by atoms with van der Waals surface area (Å²) in [5.41, 5.74) is -1.41. The Hall–Kier alpha value is -5.78. The normalized spacial score (nSPS) is 18.8. The van der Waals surface area contributed by atoms with Crippen molar-refractivity contribution in [2.75, 3.05) is 31.2 Å². The number of carbonyl (C=O) groups excluding carboxylic acids is 1. The quantitative estimate of drug-likeness (QED) is 0.0915. The lowest BCUT2D eigenvalue weighted by Crippen LogP contribution is -2.35. The second-order valence-corrected chi connectivity index (χ2v) is 14.9. The van der Waals surface area contributed by atoms with Crippen LogP contribution in [0.2, 0.25) is 0 Å². The molecule has 0 amide bonds. The lowest BCUT2D eigenvalue weighted by molar-refractivity contribution is -0.440. The maximum atomic E-state index is 13.9. The van der Waals surface area contributed by atoms with Gasteiger partial charge >= 0.3 is 12.4 Å². The number of allylic oxidation sites excluding steroid dienone is 5. The second kappa shape index (κ2) is 14.1. The molecular formula is C44H38F6N2O4. The van der Waals surface area contributed by atoms with Gasteiger partial charge in [0.25, 0.3) is 0 Å². The van der Waals surface area contributed by atoms with Gasteiger partial charge in [0, 0.05) is 45.7 Å². The molecule has 2 heterocycles. The molecule has 7 rings (SSSR count). The predicted molar refractivity (Wildman–Crippen MR) is 198 cm³/mol. The van der Waals surface area contributed by atoms with Crippen LogP contribution in [0.1, 0.15) is 49.9 Å². The summed E-state index contributed by atoms with van der Waals surface area (Å²) in [6.45, 7) is 7.64. The molecule has 3 aliphatic rings. The fourth-order valence-electron chi connectivity index (χ4n) is 7.62. The molecule has 0 N–H and O–H groups in total. The number of Topliss-reactive ketones (excluding diaryl/α,β-unsaturated/α-hetero) is 1. The van der Waals surface area contributed by atoms with Gasteiger partial charge in [-0.05, 0) is 80.1 Å². The summed E-state index contributed by atoms with van der Waals surface area (Å²) in [7, 11) is 0. The first-order valence-corrected chi connectivity index (χ1v) is 18.0. The fourth-order valence-corrected chi connectivity index (χ4v) is 7.62. The van der Waals surface area contributed by atoms with E-state index in [-0.39, 0.29) is 37.4 Å². The van der Waals surface area contributed by atoms with Gasteiger partial charge in [0.05, 0.1) is 23.1 Å². The molecule has 0 bridgehead atoms. The minimum atomic E-state index is -4.59. The third kappa shape index (κ3) is 6.97. The van der Waals surface area contributed by atoms with Crippen LogP contribution >= 0.6 is 0 Å². The zero-order valence-corrected chi connectivity index (χ0v) is 31.0. The van der Waals surface area contributed by atoms with Crippen LogP contribution in [0.5, 0.6) is 11.5 Å². The van der Waals surface area contributed by atoms with Gasteiger partial charge in [-0.1, -0.05) is 56.0 Å². The number of carbonyl (C=O) groups is 1. The number of ketones is 1. The molecule has 6 nitrogen and oxygen atoms in total. The lowest BCUT2D eigenvalue weighted by Gasteiger charge is -2.33. The van der Waals surface area contributed by atoms with Gasteiger partial charge < -0.3 is 19.5 Å². The highest BCUT2D eigenvalue weighted by Gasteiger charge is 2.48. The van der Waals surface area contributed by atoms with Crippen molar-refractivity contribution in [1.29, 1.82) is 0 Å². The molecule has 1 aliphatic carbocycles. The molecular weight excluding hydrogens is 734 g/mol. The van der Waals surface area contributed by atoms with E-state index in [0.29, 0.717) is 45.4 Å². The van der Waals surface area contributed by atoms with Crippen molar-refractivity contribution in [2.24, 2.45) is 0 Å². The highest BCUT2D eigenvalue weighted by Crippen LogP contribution is 2.51. The largest absolute Gasteiger partial charge is 0.871 e. The average Bonchev–Trinajstić information content (AvgIpc) is 3.50. The molecule has 0 saturated heterocycles. The topological polar surface area (TPSA) is 64.8 Å². The number of ether oxygens (including phenoxy) is 2. The van der Waals surface area contributed by atoms with Crippen LogP contribution in [0, 0.1) is 0 Å². The molecule has 0 aromatic heterocycles.